The smallest absolute Gasteiger partial charge is 0.210 e. The molecular weight excluding hydrogens is 350 g/mol. The number of hydrogen-bond donors (Lipinski definition) is 2. The summed E-state index contributed by atoms with van der Waals surface area (Å²) in [5.74, 6) is -0.0638. The number of nitrogens with one attached hydrogen (secondary N) is 1. The van der Waals surface area contributed by atoms with Gasteiger partial charge in [0.2, 0.25) is 14.2 Å². The van der Waals surface area contributed by atoms with Crippen molar-refractivity contribution in [3.63, 3.8) is 0 Å². The van der Waals surface area contributed by atoms with Crippen LogP contribution in [0.5, 0.6) is 0 Å². The van der Waals surface area contributed by atoms with E-state index in [-0.39, 0.29) is 15.2 Å². The Balaban J connectivity index is 1.94. The number of thiocarbonyl (C=S) groups is 1. The first-order valence-electron chi connectivity index (χ1n) is 6.68. The van der Waals surface area contributed by atoms with E-state index in [2.05, 4.69) is 10.3 Å². The van der Waals surface area contributed by atoms with Gasteiger partial charge in [-0.15, -0.1) is 11.3 Å². The zero-order chi connectivity index (χ0) is 16.4. The maximum absolute atomic E-state index is 12.5. The summed E-state index contributed by atoms with van der Waals surface area (Å²) in [6, 6.07) is 14.3. The predicted molar refractivity (Wildman–Crippen MR) is 97.4 cm³/mol. The Bertz CT molecular complexity index is 966. The lowest BCUT2D eigenvalue weighted by molar-refractivity contribution is 0.594. The van der Waals surface area contributed by atoms with Gasteiger partial charge in [-0.05, 0) is 36.0 Å². The van der Waals surface area contributed by atoms with Crippen molar-refractivity contribution in [2.24, 2.45) is 5.73 Å². The van der Waals surface area contributed by atoms with Crippen LogP contribution in [-0.4, -0.2) is 18.5 Å². The van der Waals surface area contributed by atoms with E-state index in [1.165, 1.54) is 0 Å². The molecule has 0 fully saturated rings. The number of rotatable bonds is 4. The molecule has 0 saturated heterocycles. The number of benzene rings is 2. The molecule has 0 radical (unpaired) electrons. The van der Waals surface area contributed by atoms with E-state index >= 15 is 0 Å². The summed E-state index contributed by atoms with van der Waals surface area (Å²) in [6.45, 7) is 0. The number of aromatic nitrogens is 1. The molecule has 0 amide bonds. The van der Waals surface area contributed by atoms with Gasteiger partial charge in [-0.25, -0.2) is 13.4 Å². The lowest BCUT2D eigenvalue weighted by atomic mass is 10.2. The zero-order valence-corrected chi connectivity index (χ0v) is 14.3. The Morgan fingerprint density at radius 2 is 1.96 bits per heavy atom. The lowest BCUT2D eigenvalue weighted by Crippen LogP contribution is -2.18. The van der Waals surface area contributed by atoms with Gasteiger partial charge in [0.1, 0.15) is 0 Å². The number of anilines is 1. The van der Waals surface area contributed by atoms with E-state index in [4.69, 9.17) is 18.0 Å². The Kier molecular flexibility index (Phi) is 4.29. The van der Waals surface area contributed by atoms with Gasteiger partial charge >= 0.3 is 0 Å². The highest BCUT2D eigenvalue weighted by Gasteiger charge is 2.20. The van der Waals surface area contributed by atoms with Crippen molar-refractivity contribution in [2.75, 3.05) is 5.32 Å². The van der Waals surface area contributed by atoms with Crippen LogP contribution in [0.1, 0.15) is 5.56 Å². The average molecular weight is 363 g/mol. The van der Waals surface area contributed by atoms with Crippen molar-refractivity contribution in [3.05, 3.63) is 54.1 Å². The highest BCUT2D eigenvalue weighted by molar-refractivity contribution is 7.92. The third kappa shape index (κ3) is 3.66. The summed E-state index contributed by atoms with van der Waals surface area (Å²) >= 11 is 5.94. The van der Waals surface area contributed by atoms with Gasteiger partial charge in [-0.1, -0.05) is 30.3 Å². The van der Waals surface area contributed by atoms with Gasteiger partial charge in [0, 0.05) is 5.69 Å². The second-order valence-electron chi connectivity index (χ2n) is 4.90. The number of fused-ring (bicyclic) bond motifs is 1. The molecule has 0 saturated carbocycles. The fourth-order valence-corrected chi connectivity index (χ4v) is 4.91. The minimum atomic E-state index is -3.47. The summed E-state index contributed by atoms with van der Waals surface area (Å²) < 4.78 is 25.9. The standard InChI is InChI=1S/C15H13N3O2S3/c16-14(21)17-11-6-7-12-13(8-11)22-15(18-12)23(19,20)9-10-4-2-1-3-5-10/h1-8H,9H2,(H3,16,17,21). The molecule has 118 valence electrons. The van der Waals surface area contributed by atoms with Gasteiger partial charge in [0.15, 0.2) is 5.11 Å². The van der Waals surface area contributed by atoms with Crippen molar-refractivity contribution in [1.82, 2.24) is 4.98 Å². The lowest BCUT2D eigenvalue weighted by Gasteiger charge is -2.01. The molecule has 3 N–H and O–H groups in total. The van der Waals surface area contributed by atoms with E-state index in [9.17, 15) is 8.42 Å². The molecule has 23 heavy (non-hydrogen) atoms. The third-order valence-electron chi connectivity index (χ3n) is 3.10. The third-order valence-corrected chi connectivity index (χ3v) is 6.37. The zero-order valence-electron chi connectivity index (χ0n) is 11.9. The number of nitrogens with zero attached hydrogens (tertiary/aromatic N) is 1. The molecule has 0 aliphatic rings. The van der Waals surface area contributed by atoms with Crippen molar-refractivity contribution in [2.45, 2.75) is 10.1 Å². The van der Waals surface area contributed by atoms with Crippen molar-refractivity contribution in [3.8, 4) is 0 Å². The summed E-state index contributed by atoms with van der Waals surface area (Å²) in [5, 5.41) is 2.98. The Morgan fingerprint density at radius 3 is 2.65 bits per heavy atom. The van der Waals surface area contributed by atoms with E-state index in [0.29, 0.717) is 11.2 Å². The molecule has 0 unspecified atom stereocenters. The molecule has 0 aliphatic carbocycles. The van der Waals surface area contributed by atoms with E-state index in [1.807, 2.05) is 18.2 Å². The summed E-state index contributed by atoms with van der Waals surface area (Å²) in [6.07, 6.45) is 0. The molecule has 0 bridgehead atoms. The molecule has 1 aromatic heterocycles. The molecule has 3 aromatic rings. The van der Waals surface area contributed by atoms with Crippen LogP contribution in [-0.2, 0) is 15.6 Å². The largest absolute Gasteiger partial charge is 0.376 e. The minimum Gasteiger partial charge on any atom is -0.376 e. The summed E-state index contributed by atoms with van der Waals surface area (Å²) in [7, 11) is -3.47. The molecule has 5 nitrogen and oxygen atoms in total. The SMILES string of the molecule is NC(=S)Nc1ccc2nc(S(=O)(=O)Cc3ccccc3)sc2c1. The van der Waals surface area contributed by atoms with Gasteiger partial charge in [-0.2, -0.15) is 0 Å². The van der Waals surface area contributed by atoms with Crippen LogP contribution >= 0.6 is 23.6 Å². The highest BCUT2D eigenvalue weighted by Crippen LogP contribution is 2.29. The van der Waals surface area contributed by atoms with Gasteiger partial charge in [0.25, 0.3) is 0 Å². The molecule has 8 heteroatoms. The van der Waals surface area contributed by atoms with Gasteiger partial charge in [-0.3, -0.25) is 0 Å². The van der Waals surface area contributed by atoms with Gasteiger partial charge in [0.05, 0.1) is 16.0 Å². The fourth-order valence-electron chi connectivity index (χ4n) is 2.11. The van der Waals surface area contributed by atoms with Crippen LogP contribution in [0.15, 0.2) is 52.9 Å². The molecule has 0 spiro atoms. The number of nitrogens with two attached hydrogens (primary N) is 1. The van der Waals surface area contributed by atoms with E-state index < -0.39 is 9.84 Å². The van der Waals surface area contributed by atoms with Crippen LogP contribution in [0.2, 0.25) is 0 Å². The second-order valence-corrected chi connectivity index (χ2v) is 8.53. The maximum atomic E-state index is 12.5. The molecule has 0 atom stereocenters. The van der Waals surface area contributed by atoms with Crippen LogP contribution in [0.3, 0.4) is 0 Å². The predicted octanol–water partition coefficient (Wildman–Crippen LogP) is 2.93. The maximum Gasteiger partial charge on any atom is 0.210 e. The Labute approximate surface area is 143 Å². The van der Waals surface area contributed by atoms with E-state index in [0.717, 1.165) is 21.6 Å². The average Bonchev–Trinajstić information content (AvgIpc) is 2.91. The first-order valence-corrected chi connectivity index (χ1v) is 9.55. The normalized spacial score (nSPS) is 11.5. The van der Waals surface area contributed by atoms with Crippen LogP contribution in [0.4, 0.5) is 5.69 Å². The molecule has 1 heterocycles. The van der Waals surface area contributed by atoms with Gasteiger partial charge < -0.3 is 11.1 Å². The Hall–Kier alpha value is -2.03. The fraction of sp³-hybridized carbons (Fsp3) is 0.0667. The highest BCUT2D eigenvalue weighted by atomic mass is 32.2. The van der Waals surface area contributed by atoms with Crippen molar-refractivity contribution in [1.29, 1.82) is 0 Å². The van der Waals surface area contributed by atoms with Crippen LogP contribution in [0.25, 0.3) is 10.2 Å². The van der Waals surface area contributed by atoms with Crippen molar-refractivity contribution >= 4 is 54.4 Å². The van der Waals surface area contributed by atoms with Crippen LogP contribution < -0.4 is 11.1 Å². The van der Waals surface area contributed by atoms with Crippen molar-refractivity contribution < 1.29 is 8.42 Å². The number of sulfone groups is 1. The van der Waals surface area contributed by atoms with Crippen LogP contribution in [0, 0.1) is 0 Å². The monoisotopic (exact) mass is 363 g/mol. The first-order chi connectivity index (χ1) is 10.9. The number of thiazole rings is 1. The Morgan fingerprint density at radius 1 is 1.22 bits per heavy atom. The first kappa shape index (κ1) is 15.9. The second kappa shape index (κ2) is 6.23. The molecule has 0 aliphatic heterocycles. The number of hydrogen-bond acceptors (Lipinski definition) is 5. The summed E-state index contributed by atoms with van der Waals surface area (Å²) in [4.78, 5) is 4.24. The molecular formula is C15H13N3O2S3. The quantitative estimate of drug-likeness (QED) is 0.693. The topological polar surface area (TPSA) is 85.1 Å². The molecule has 3 rings (SSSR count). The molecule has 2 aromatic carbocycles. The minimum absolute atomic E-state index is 0.0638. The van der Waals surface area contributed by atoms with E-state index in [1.54, 1.807) is 30.3 Å². The summed E-state index contributed by atoms with van der Waals surface area (Å²) in [5.41, 5.74) is 7.52.